The van der Waals surface area contributed by atoms with Crippen molar-refractivity contribution in [1.82, 2.24) is 10.3 Å². The van der Waals surface area contributed by atoms with Crippen LogP contribution in [0.4, 0.5) is 5.69 Å². The highest BCUT2D eigenvalue weighted by Crippen LogP contribution is 2.26. The van der Waals surface area contributed by atoms with Gasteiger partial charge in [0.05, 0.1) is 7.11 Å². The first-order valence-electron chi connectivity index (χ1n) is 8.01. The lowest BCUT2D eigenvalue weighted by molar-refractivity contribution is 0.0943. The molecule has 1 aromatic carbocycles. The number of methoxy groups -OCH3 is 1. The van der Waals surface area contributed by atoms with Crippen LogP contribution < -0.4 is 20.4 Å². The van der Waals surface area contributed by atoms with Crippen LogP contribution in [0.25, 0.3) is 0 Å². The number of anilines is 1. The van der Waals surface area contributed by atoms with Crippen molar-refractivity contribution >= 4 is 11.6 Å². The molecule has 1 aromatic heterocycles. The summed E-state index contributed by atoms with van der Waals surface area (Å²) < 4.78 is 5.27. The number of ether oxygens (including phenoxy) is 1. The third-order valence-corrected chi connectivity index (χ3v) is 4.27. The summed E-state index contributed by atoms with van der Waals surface area (Å²) in [5.74, 6) is 0.986. The van der Waals surface area contributed by atoms with E-state index in [0.717, 1.165) is 30.9 Å². The lowest BCUT2D eigenvalue weighted by Crippen LogP contribution is -2.32. The van der Waals surface area contributed by atoms with Gasteiger partial charge in [-0.25, -0.2) is 0 Å². The molecule has 0 aliphatic carbocycles. The summed E-state index contributed by atoms with van der Waals surface area (Å²) in [6.07, 6.45) is 2.50. The Bertz CT molecular complexity index is 772. The third-order valence-electron chi connectivity index (χ3n) is 4.27. The molecule has 1 aliphatic rings. The number of benzene rings is 1. The van der Waals surface area contributed by atoms with Crippen molar-refractivity contribution in [3.8, 4) is 5.75 Å². The number of carbonyl (C=O) groups is 1. The molecule has 0 spiro atoms. The van der Waals surface area contributed by atoms with E-state index in [1.807, 2.05) is 18.2 Å². The highest BCUT2D eigenvalue weighted by molar-refractivity contribution is 5.92. The van der Waals surface area contributed by atoms with E-state index in [4.69, 9.17) is 4.74 Å². The van der Waals surface area contributed by atoms with Crippen molar-refractivity contribution in [3.63, 3.8) is 0 Å². The predicted molar refractivity (Wildman–Crippen MR) is 92.7 cm³/mol. The number of nitrogens with one attached hydrogen (secondary N) is 2. The molecule has 1 aliphatic heterocycles. The molecule has 2 heterocycles. The number of H-pyrrole nitrogens is 1. The molecule has 0 bridgehead atoms. The van der Waals surface area contributed by atoms with Crippen LogP contribution in [0, 0.1) is 5.92 Å². The van der Waals surface area contributed by atoms with E-state index in [0.29, 0.717) is 18.2 Å². The number of aromatic amines is 1. The Hall–Kier alpha value is -2.76. The van der Waals surface area contributed by atoms with Gasteiger partial charge in [0.1, 0.15) is 11.4 Å². The quantitative estimate of drug-likeness (QED) is 0.875. The normalized spacial score (nSPS) is 16.9. The maximum atomic E-state index is 12.1. The molecule has 1 unspecified atom stereocenters. The van der Waals surface area contributed by atoms with Crippen molar-refractivity contribution in [2.24, 2.45) is 5.92 Å². The minimum Gasteiger partial charge on any atom is -0.497 e. The van der Waals surface area contributed by atoms with E-state index >= 15 is 0 Å². The van der Waals surface area contributed by atoms with Gasteiger partial charge in [-0.1, -0.05) is 6.07 Å². The van der Waals surface area contributed by atoms with Gasteiger partial charge < -0.3 is 19.9 Å². The van der Waals surface area contributed by atoms with Gasteiger partial charge in [-0.2, -0.15) is 0 Å². The fourth-order valence-electron chi connectivity index (χ4n) is 2.95. The van der Waals surface area contributed by atoms with Gasteiger partial charge in [-0.3, -0.25) is 9.59 Å². The summed E-state index contributed by atoms with van der Waals surface area (Å²) in [7, 11) is 1.66. The van der Waals surface area contributed by atoms with Crippen molar-refractivity contribution < 1.29 is 9.53 Å². The van der Waals surface area contributed by atoms with E-state index in [1.54, 1.807) is 7.11 Å². The molecule has 24 heavy (non-hydrogen) atoms. The molecule has 0 saturated carbocycles. The third kappa shape index (κ3) is 3.76. The number of rotatable bonds is 5. The molecule has 6 heteroatoms. The summed E-state index contributed by atoms with van der Waals surface area (Å²) >= 11 is 0. The number of nitrogens with zero attached hydrogens (tertiary/aromatic N) is 1. The van der Waals surface area contributed by atoms with Crippen LogP contribution in [0.3, 0.4) is 0 Å². The molecule has 6 nitrogen and oxygen atoms in total. The van der Waals surface area contributed by atoms with E-state index in [1.165, 1.54) is 18.3 Å². The van der Waals surface area contributed by atoms with Crippen molar-refractivity contribution in [2.45, 2.75) is 6.42 Å². The van der Waals surface area contributed by atoms with Gasteiger partial charge >= 0.3 is 0 Å². The fraction of sp³-hybridized carbons (Fsp3) is 0.333. The number of aromatic nitrogens is 1. The van der Waals surface area contributed by atoms with Crippen LogP contribution in [0.2, 0.25) is 0 Å². The van der Waals surface area contributed by atoms with Gasteiger partial charge in [0.15, 0.2) is 5.43 Å². The van der Waals surface area contributed by atoms with Crippen LogP contribution in [-0.4, -0.2) is 37.6 Å². The largest absolute Gasteiger partial charge is 0.497 e. The van der Waals surface area contributed by atoms with Gasteiger partial charge in [-0.05, 0) is 24.5 Å². The first-order chi connectivity index (χ1) is 11.7. The molecule has 2 aromatic rings. The maximum absolute atomic E-state index is 12.1. The molecule has 1 atom stereocenters. The second kappa shape index (κ2) is 7.21. The molecule has 1 amide bonds. The molecule has 1 fully saturated rings. The van der Waals surface area contributed by atoms with E-state index in [9.17, 15) is 9.59 Å². The van der Waals surface area contributed by atoms with E-state index in [2.05, 4.69) is 21.3 Å². The summed E-state index contributed by atoms with van der Waals surface area (Å²) in [6.45, 7) is 2.44. The zero-order chi connectivity index (χ0) is 16.9. The number of carbonyl (C=O) groups excluding carboxylic acids is 1. The second-order valence-corrected chi connectivity index (χ2v) is 5.95. The Balaban J connectivity index is 1.54. The first-order valence-corrected chi connectivity index (χ1v) is 8.01. The summed E-state index contributed by atoms with van der Waals surface area (Å²) in [4.78, 5) is 28.5. The zero-order valence-corrected chi connectivity index (χ0v) is 13.6. The fourth-order valence-corrected chi connectivity index (χ4v) is 2.95. The number of pyridine rings is 1. The highest BCUT2D eigenvalue weighted by atomic mass is 16.5. The average Bonchev–Trinajstić information content (AvgIpc) is 3.09. The van der Waals surface area contributed by atoms with Crippen LogP contribution in [0.5, 0.6) is 5.75 Å². The van der Waals surface area contributed by atoms with Crippen molar-refractivity contribution in [1.29, 1.82) is 0 Å². The lowest BCUT2D eigenvalue weighted by atomic mass is 10.1. The topological polar surface area (TPSA) is 74.4 Å². The molecular weight excluding hydrogens is 306 g/mol. The minimum absolute atomic E-state index is 0.177. The molecule has 3 rings (SSSR count). The molecular formula is C18H21N3O3. The first kappa shape index (κ1) is 16.1. The summed E-state index contributed by atoms with van der Waals surface area (Å²) in [5.41, 5.74) is 1.25. The van der Waals surface area contributed by atoms with E-state index in [-0.39, 0.29) is 11.3 Å². The summed E-state index contributed by atoms with van der Waals surface area (Å²) in [5, 5.41) is 2.90. The predicted octanol–water partition coefficient (Wildman–Crippen LogP) is 1.64. The molecule has 1 saturated heterocycles. The minimum atomic E-state index is -0.243. The van der Waals surface area contributed by atoms with Crippen LogP contribution in [0.1, 0.15) is 16.9 Å². The lowest BCUT2D eigenvalue weighted by Gasteiger charge is -2.19. The standard InChI is InChI=1S/C18H21N3O3/c1-24-16-4-2-3-14(9-16)21-8-6-13(12-21)11-20-18(23)17-10-15(22)5-7-19-17/h2-5,7,9-10,13H,6,8,11-12H2,1H3,(H,19,22)(H,20,23). The summed E-state index contributed by atoms with van der Waals surface area (Å²) in [6, 6.07) is 10.7. The Morgan fingerprint density at radius 3 is 3.04 bits per heavy atom. The zero-order valence-electron chi connectivity index (χ0n) is 13.6. The van der Waals surface area contributed by atoms with Crippen LogP contribution >= 0.6 is 0 Å². The number of hydrogen-bond acceptors (Lipinski definition) is 4. The van der Waals surface area contributed by atoms with Crippen LogP contribution in [-0.2, 0) is 0 Å². The number of hydrogen-bond donors (Lipinski definition) is 2. The number of amides is 1. The Labute approximate surface area is 140 Å². The molecule has 0 radical (unpaired) electrons. The van der Waals surface area contributed by atoms with E-state index < -0.39 is 0 Å². The molecule has 2 N–H and O–H groups in total. The monoisotopic (exact) mass is 327 g/mol. The van der Waals surface area contributed by atoms with Crippen molar-refractivity contribution in [3.05, 3.63) is 58.5 Å². The van der Waals surface area contributed by atoms with Crippen molar-refractivity contribution in [2.75, 3.05) is 31.6 Å². The highest BCUT2D eigenvalue weighted by Gasteiger charge is 2.23. The average molecular weight is 327 g/mol. The molecule has 126 valence electrons. The van der Waals surface area contributed by atoms with Gasteiger partial charge in [0, 0.05) is 49.7 Å². The Morgan fingerprint density at radius 1 is 1.38 bits per heavy atom. The Kier molecular flexibility index (Phi) is 4.84. The smallest absolute Gasteiger partial charge is 0.267 e. The van der Waals surface area contributed by atoms with Gasteiger partial charge in [0.25, 0.3) is 5.91 Å². The maximum Gasteiger partial charge on any atom is 0.267 e. The Morgan fingerprint density at radius 2 is 2.25 bits per heavy atom. The van der Waals surface area contributed by atoms with Crippen LogP contribution in [0.15, 0.2) is 47.4 Å². The second-order valence-electron chi connectivity index (χ2n) is 5.95. The van der Waals surface area contributed by atoms with Gasteiger partial charge in [-0.15, -0.1) is 0 Å². The van der Waals surface area contributed by atoms with Gasteiger partial charge in [0.2, 0.25) is 0 Å². The SMILES string of the molecule is COc1cccc(N2CCC(CNC(=O)c3cc(=O)cc[nH]3)C2)c1.